The molecule has 6 nitrogen and oxygen atoms in total. The molecule has 0 aliphatic carbocycles. The molecule has 0 spiro atoms. The quantitative estimate of drug-likeness (QED) is 0.848. The molecule has 20 heavy (non-hydrogen) atoms. The molecular formula is C10H13F3N4O2S. The first-order valence-electron chi connectivity index (χ1n) is 5.70. The SMILES string of the molecule is CC1(Nc2cc(N)nc(C(F)(F)F)n2)CCS(=O)(=O)C1. The van der Waals surface area contributed by atoms with Crippen molar-refractivity contribution in [2.24, 2.45) is 0 Å². The Kier molecular flexibility index (Phi) is 3.31. The highest BCUT2D eigenvalue weighted by Crippen LogP contribution is 2.30. The number of sulfone groups is 1. The zero-order chi connectivity index (χ0) is 15.2. The number of nitrogens with zero attached hydrogens (tertiary/aromatic N) is 2. The number of halogens is 3. The molecule has 112 valence electrons. The summed E-state index contributed by atoms with van der Waals surface area (Å²) in [6.07, 6.45) is -4.42. The van der Waals surface area contributed by atoms with E-state index in [0.717, 1.165) is 6.07 Å². The topological polar surface area (TPSA) is 98.0 Å². The summed E-state index contributed by atoms with van der Waals surface area (Å²) in [6.45, 7) is 1.61. The molecule has 0 aromatic carbocycles. The van der Waals surface area contributed by atoms with E-state index in [-0.39, 0.29) is 23.1 Å². The maximum atomic E-state index is 12.6. The fourth-order valence-corrected chi connectivity index (χ4v) is 4.17. The van der Waals surface area contributed by atoms with E-state index in [0.29, 0.717) is 6.42 Å². The average Bonchev–Trinajstić information content (AvgIpc) is 2.50. The predicted octanol–water partition coefficient (Wildman–Crippen LogP) is 1.07. The van der Waals surface area contributed by atoms with Crippen LogP contribution in [0.25, 0.3) is 0 Å². The van der Waals surface area contributed by atoms with E-state index in [2.05, 4.69) is 15.3 Å². The van der Waals surface area contributed by atoms with Gasteiger partial charge in [-0.2, -0.15) is 13.2 Å². The van der Waals surface area contributed by atoms with Crippen molar-refractivity contribution in [2.75, 3.05) is 22.6 Å². The number of nitrogen functional groups attached to an aromatic ring is 1. The first-order chi connectivity index (χ1) is 8.99. The maximum Gasteiger partial charge on any atom is 0.451 e. The van der Waals surface area contributed by atoms with Gasteiger partial charge in [-0.1, -0.05) is 0 Å². The van der Waals surface area contributed by atoms with Crippen molar-refractivity contribution in [3.8, 4) is 0 Å². The van der Waals surface area contributed by atoms with Crippen LogP contribution >= 0.6 is 0 Å². The highest BCUT2D eigenvalue weighted by atomic mass is 32.2. The molecule has 1 fully saturated rings. The Balaban J connectivity index is 2.29. The monoisotopic (exact) mass is 310 g/mol. The summed E-state index contributed by atoms with van der Waals surface area (Å²) >= 11 is 0. The van der Waals surface area contributed by atoms with Crippen molar-refractivity contribution < 1.29 is 21.6 Å². The Morgan fingerprint density at radius 1 is 1.40 bits per heavy atom. The molecule has 1 aromatic heterocycles. The van der Waals surface area contributed by atoms with Gasteiger partial charge in [0.1, 0.15) is 11.6 Å². The minimum atomic E-state index is -4.71. The molecule has 1 saturated heterocycles. The fourth-order valence-electron chi connectivity index (χ4n) is 2.08. The number of hydrogen-bond acceptors (Lipinski definition) is 6. The molecule has 0 bridgehead atoms. The van der Waals surface area contributed by atoms with Crippen LogP contribution in [0.3, 0.4) is 0 Å². The first-order valence-corrected chi connectivity index (χ1v) is 7.52. The largest absolute Gasteiger partial charge is 0.451 e. The van der Waals surface area contributed by atoms with E-state index in [1.807, 2.05) is 0 Å². The van der Waals surface area contributed by atoms with Crippen molar-refractivity contribution in [3.63, 3.8) is 0 Å². The molecule has 0 saturated carbocycles. The normalized spacial score (nSPS) is 25.6. The molecule has 1 aliphatic rings. The van der Waals surface area contributed by atoms with Crippen molar-refractivity contribution in [1.82, 2.24) is 9.97 Å². The third kappa shape index (κ3) is 3.30. The summed E-state index contributed by atoms with van der Waals surface area (Å²) in [7, 11) is -3.18. The molecular weight excluding hydrogens is 297 g/mol. The van der Waals surface area contributed by atoms with Crippen LogP contribution in [0.1, 0.15) is 19.2 Å². The smallest absolute Gasteiger partial charge is 0.384 e. The molecule has 0 amide bonds. The number of rotatable bonds is 2. The van der Waals surface area contributed by atoms with Gasteiger partial charge < -0.3 is 11.1 Å². The Morgan fingerprint density at radius 2 is 2.05 bits per heavy atom. The Morgan fingerprint density at radius 3 is 2.55 bits per heavy atom. The molecule has 0 radical (unpaired) electrons. The lowest BCUT2D eigenvalue weighted by atomic mass is 10.0. The van der Waals surface area contributed by atoms with E-state index in [4.69, 9.17) is 5.73 Å². The van der Waals surface area contributed by atoms with Gasteiger partial charge in [0.05, 0.1) is 17.0 Å². The minimum Gasteiger partial charge on any atom is -0.384 e. The molecule has 2 rings (SSSR count). The van der Waals surface area contributed by atoms with Crippen LogP contribution in [0.2, 0.25) is 0 Å². The van der Waals surface area contributed by atoms with Gasteiger partial charge in [-0.05, 0) is 13.3 Å². The second-order valence-corrected chi connectivity index (χ2v) is 7.21. The lowest BCUT2D eigenvalue weighted by Crippen LogP contribution is -2.36. The van der Waals surface area contributed by atoms with Gasteiger partial charge in [0.15, 0.2) is 9.84 Å². The summed E-state index contributed by atoms with van der Waals surface area (Å²) in [5.41, 5.74) is 4.46. The van der Waals surface area contributed by atoms with Gasteiger partial charge in [-0.15, -0.1) is 0 Å². The van der Waals surface area contributed by atoms with E-state index in [1.54, 1.807) is 6.92 Å². The highest BCUT2D eigenvalue weighted by molar-refractivity contribution is 7.91. The number of alkyl halides is 3. The standard InChI is InChI=1S/C10H13F3N4O2S/c1-9(2-3-20(18,19)5-9)17-7-4-6(14)15-8(16-7)10(11,12)13/h4H,2-3,5H2,1H3,(H3,14,15,16,17). The number of aromatic nitrogens is 2. The van der Waals surface area contributed by atoms with Crippen molar-refractivity contribution in [1.29, 1.82) is 0 Å². The Labute approximate surface area is 113 Å². The van der Waals surface area contributed by atoms with Crippen LogP contribution in [0, 0.1) is 0 Å². The van der Waals surface area contributed by atoms with Gasteiger partial charge >= 0.3 is 6.18 Å². The number of nitrogens with one attached hydrogen (secondary N) is 1. The molecule has 10 heteroatoms. The summed E-state index contributed by atoms with van der Waals surface area (Å²) in [5, 5.41) is 2.72. The zero-order valence-corrected chi connectivity index (χ0v) is 11.3. The van der Waals surface area contributed by atoms with Gasteiger partial charge in [-0.25, -0.2) is 18.4 Å². The molecule has 1 atom stereocenters. The lowest BCUT2D eigenvalue weighted by molar-refractivity contribution is -0.144. The maximum absolute atomic E-state index is 12.6. The molecule has 1 aliphatic heterocycles. The summed E-state index contributed by atoms with van der Waals surface area (Å²) < 4.78 is 60.6. The van der Waals surface area contributed by atoms with E-state index in [1.165, 1.54) is 0 Å². The van der Waals surface area contributed by atoms with E-state index in [9.17, 15) is 21.6 Å². The van der Waals surface area contributed by atoms with Gasteiger partial charge in [0.25, 0.3) is 0 Å². The van der Waals surface area contributed by atoms with Gasteiger partial charge in [-0.3, -0.25) is 0 Å². The third-order valence-electron chi connectivity index (χ3n) is 2.93. The van der Waals surface area contributed by atoms with Crippen molar-refractivity contribution in [3.05, 3.63) is 11.9 Å². The summed E-state index contributed by atoms with van der Waals surface area (Å²) in [6, 6.07) is 1.14. The van der Waals surface area contributed by atoms with Crippen LogP contribution in [0.4, 0.5) is 24.8 Å². The minimum absolute atomic E-state index is 0.0107. The van der Waals surface area contributed by atoms with Gasteiger partial charge in [0.2, 0.25) is 5.82 Å². The van der Waals surface area contributed by atoms with Gasteiger partial charge in [0, 0.05) is 6.07 Å². The number of anilines is 2. The third-order valence-corrected chi connectivity index (χ3v) is 4.84. The van der Waals surface area contributed by atoms with Crippen LogP contribution < -0.4 is 11.1 Å². The molecule has 3 N–H and O–H groups in total. The van der Waals surface area contributed by atoms with Crippen LogP contribution in [-0.2, 0) is 16.0 Å². The van der Waals surface area contributed by atoms with Crippen molar-refractivity contribution in [2.45, 2.75) is 25.1 Å². The molecule has 1 unspecified atom stereocenters. The Bertz CT molecular complexity index is 632. The summed E-state index contributed by atoms with van der Waals surface area (Å²) in [5.74, 6) is -2.00. The number of hydrogen-bond donors (Lipinski definition) is 2. The lowest BCUT2D eigenvalue weighted by Gasteiger charge is -2.25. The molecule has 2 heterocycles. The van der Waals surface area contributed by atoms with E-state index >= 15 is 0 Å². The molecule has 1 aromatic rings. The summed E-state index contributed by atoms with van der Waals surface area (Å²) in [4.78, 5) is 6.45. The van der Waals surface area contributed by atoms with E-state index < -0.39 is 27.4 Å². The second kappa shape index (κ2) is 4.47. The van der Waals surface area contributed by atoms with Crippen LogP contribution in [-0.4, -0.2) is 35.4 Å². The first kappa shape index (κ1) is 14.8. The second-order valence-electron chi connectivity index (χ2n) is 5.03. The fraction of sp³-hybridized carbons (Fsp3) is 0.600. The highest BCUT2D eigenvalue weighted by Gasteiger charge is 2.40. The number of nitrogens with two attached hydrogens (primary N) is 1. The zero-order valence-electron chi connectivity index (χ0n) is 10.5. The average molecular weight is 310 g/mol. The van der Waals surface area contributed by atoms with Crippen molar-refractivity contribution >= 4 is 21.5 Å². The van der Waals surface area contributed by atoms with Crippen LogP contribution in [0.5, 0.6) is 0 Å². The predicted molar refractivity (Wildman–Crippen MR) is 66.7 cm³/mol. The van der Waals surface area contributed by atoms with Crippen LogP contribution in [0.15, 0.2) is 6.07 Å². The Hall–Kier alpha value is -1.58.